The van der Waals surface area contributed by atoms with E-state index in [9.17, 15) is 9.90 Å². The number of hydrogen-bond acceptors (Lipinski definition) is 5. The summed E-state index contributed by atoms with van der Waals surface area (Å²) in [5, 5.41) is 15.4. The summed E-state index contributed by atoms with van der Waals surface area (Å²) in [6.07, 6.45) is 2.07. The molecule has 0 saturated carbocycles. The van der Waals surface area contributed by atoms with Crippen LogP contribution >= 0.6 is 23.2 Å². The zero-order chi connectivity index (χ0) is 26.5. The number of nitrogens with zero attached hydrogens (tertiary/aromatic N) is 1. The monoisotopic (exact) mass is 536 g/mol. The van der Waals surface area contributed by atoms with Gasteiger partial charge in [0.25, 0.3) is 0 Å². The van der Waals surface area contributed by atoms with Gasteiger partial charge in [-0.05, 0) is 50.5 Å². The zero-order valence-corrected chi connectivity index (χ0v) is 23.4. The van der Waals surface area contributed by atoms with Crippen molar-refractivity contribution in [2.45, 2.75) is 65.6 Å². The number of nitrogens with one attached hydrogen (secondary N) is 1. The highest BCUT2D eigenvalue weighted by Gasteiger charge is 2.47. The molecule has 6 nitrogen and oxygen atoms in total. The minimum atomic E-state index is -0.781. The number of anilines is 1. The smallest absolute Gasteiger partial charge is 0.221 e. The van der Waals surface area contributed by atoms with Gasteiger partial charge in [-0.1, -0.05) is 49.2 Å². The third-order valence-corrected chi connectivity index (χ3v) is 7.26. The van der Waals surface area contributed by atoms with Crippen molar-refractivity contribution < 1.29 is 19.4 Å². The normalized spacial score (nSPS) is 19.8. The first-order valence-corrected chi connectivity index (χ1v) is 13.2. The van der Waals surface area contributed by atoms with Crippen molar-refractivity contribution in [3.63, 3.8) is 0 Å². The Morgan fingerprint density at radius 1 is 1.17 bits per heavy atom. The number of aliphatic hydroxyl groups is 1. The van der Waals surface area contributed by atoms with E-state index in [1.165, 1.54) is 6.92 Å². The average Bonchev–Trinajstić information content (AvgIpc) is 2.77. The predicted octanol–water partition coefficient (Wildman–Crippen LogP) is 6.21. The van der Waals surface area contributed by atoms with E-state index in [0.717, 1.165) is 31.6 Å². The maximum absolute atomic E-state index is 11.6. The second kappa shape index (κ2) is 12.0. The Morgan fingerprint density at radius 2 is 1.86 bits per heavy atom. The van der Waals surface area contributed by atoms with E-state index in [1.807, 2.05) is 38.1 Å². The molecule has 0 bridgehead atoms. The number of carbonyl (C=O) groups excluding carboxylic acids is 1. The molecular weight excluding hydrogens is 499 g/mol. The number of ether oxygens (including phenoxy) is 2. The number of halogens is 2. The summed E-state index contributed by atoms with van der Waals surface area (Å²) in [5.41, 5.74) is 0.561. The van der Waals surface area contributed by atoms with E-state index in [2.05, 4.69) is 24.1 Å². The van der Waals surface area contributed by atoms with Crippen molar-refractivity contribution in [2.24, 2.45) is 5.41 Å². The summed E-state index contributed by atoms with van der Waals surface area (Å²) in [7, 11) is 0. The van der Waals surface area contributed by atoms with Gasteiger partial charge in [0.05, 0.1) is 29.0 Å². The lowest BCUT2D eigenvalue weighted by Crippen LogP contribution is -2.58. The molecule has 1 fully saturated rings. The Hall–Kier alpha value is -1.99. The standard InChI is InChI=1S/C28H38Cl2N2O4/c1-19(2)36-25-16-26(24(15-23(25)30)31-20(3)33)35-14-6-12-32-13-11-28(34,27(4,5)18-32)17-21-7-9-22(29)10-8-21/h7-10,15-16,19,34H,6,11-14,17-18H2,1-5H3,(H,31,33). The minimum Gasteiger partial charge on any atom is -0.491 e. The van der Waals surface area contributed by atoms with Gasteiger partial charge in [0, 0.05) is 49.5 Å². The average molecular weight is 538 g/mol. The largest absolute Gasteiger partial charge is 0.491 e. The fraction of sp³-hybridized carbons (Fsp3) is 0.536. The maximum Gasteiger partial charge on any atom is 0.221 e. The van der Waals surface area contributed by atoms with Crippen LogP contribution in [0.4, 0.5) is 5.69 Å². The topological polar surface area (TPSA) is 71.0 Å². The number of hydrogen-bond donors (Lipinski definition) is 2. The molecule has 198 valence electrons. The van der Waals surface area contributed by atoms with Crippen LogP contribution in [0.5, 0.6) is 11.5 Å². The molecule has 3 rings (SSSR count). The first-order chi connectivity index (χ1) is 16.9. The summed E-state index contributed by atoms with van der Waals surface area (Å²) in [6.45, 7) is 12.5. The van der Waals surface area contributed by atoms with Crippen LogP contribution in [0, 0.1) is 5.41 Å². The second-order valence-electron chi connectivity index (χ2n) is 10.6. The van der Waals surface area contributed by atoms with Crippen LogP contribution < -0.4 is 14.8 Å². The van der Waals surface area contributed by atoms with Crippen LogP contribution in [-0.4, -0.2) is 53.9 Å². The summed E-state index contributed by atoms with van der Waals surface area (Å²) in [6, 6.07) is 11.1. The molecule has 2 aromatic carbocycles. The summed E-state index contributed by atoms with van der Waals surface area (Å²) in [4.78, 5) is 14.0. The van der Waals surface area contributed by atoms with Crippen molar-refractivity contribution in [3.05, 3.63) is 52.0 Å². The molecule has 8 heteroatoms. The van der Waals surface area contributed by atoms with E-state index in [-0.39, 0.29) is 17.4 Å². The molecule has 0 spiro atoms. The Balaban J connectivity index is 1.57. The van der Waals surface area contributed by atoms with E-state index >= 15 is 0 Å². The van der Waals surface area contributed by atoms with Gasteiger partial charge >= 0.3 is 0 Å². The number of carbonyl (C=O) groups is 1. The van der Waals surface area contributed by atoms with Crippen LogP contribution in [0.3, 0.4) is 0 Å². The van der Waals surface area contributed by atoms with Crippen molar-refractivity contribution in [1.29, 1.82) is 0 Å². The molecule has 0 aliphatic carbocycles. The SMILES string of the molecule is CC(=O)Nc1cc(Cl)c(OC(C)C)cc1OCCCN1CCC(O)(Cc2ccc(Cl)cc2)C(C)(C)C1. The summed E-state index contributed by atoms with van der Waals surface area (Å²) in [5.74, 6) is 0.852. The lowest BCUT2D eigenvalue weighted by molar-refractivity contribution is -0.118. The molecule has 1 amide bonds. The van der Waals surface area contributed by atoms with Crippen molar-refractivity contribution >= 4 is 34.8 Å². The second-order valence-corrected chi connectivity index (χ2v) is 11.4. The highest BCUT2D eigenvalue weighted by Crippen LogP contribution is 2.41. The fourth-order valence-electron chi connectivity index (χ4n) is 4.68. The highest BCUT2D eigenvalue weighted by molar-refractivity contribution is 6.32. The molecule has 1 unspecified atom stereocenters. The number of benzene rings is 2. The van der Waals surface area contributed by atoms with Gasteiger partial charge in [0.15, 0.2) is 0 Å². The lowest BCUT2D eigenvalue weighted by Gasteiger charge is -2.50. The van der Waals surface area contributed by atoms with Gasteiger partial charge in [-0.25, -0.2) is 0 Å². The molecule has 1 aliphatic heterocycles. The Bertz CT molecular complexity index is 1040. The molecule has 2 N–H and O–H groups in total. The zero-order valence-electron chi connectivity index (χ0n) is 21.9. The summed E-state index contributed by atoms with van der Waals surface area (Å²) >= 11 is 12.4. The third-order valence-electron chi connectivity index (χ3n) is 6.71. The van der Waals surface area contributed by atoms with Gasteiger partial charge in [0.2, 0.25) is 5.91 Å². The lowest BCUT2D eigenvalue weighted by atomic mass is 9.67. The number of rotatable bonds is 10. The molecule has 0 radical (unpaired) electrons. The first-order valence-electron chi connectivity index (χ1n) is 12.5. The fourth-order valence-corrected chi connectivity index (χ4v) is 5.02. The molecule has 1 atom stereocenters. The van der Waals surface area contributed by atoms with Crippen LogP contribution in [0.1, 0.15) is 53.0 Å². The quantitative estimate of drug-likeness (QED) is 0.353. The van der Waals surface area contributed by atoms with E-state index in [4.69, 9.17) is 32.7 Å². The molecule has 2 aromatic rings. The van der Waals surface area contributed by atoms with Gasteiger partial charge in [0.1, 0.15) is 11.5 Å². The Labute approximate surface area is 224 Å². The number of amides is 1. The summed E-state index contributed by atoms with van der Waals surface area (Å²) < 4.78 is 11.8. The van der Waals surface area contributed by atoms with Gasteiger partial charge < -0.3 is 24.8 Å². The van der Waals surface area contributed by atoms with Gasteiger partial charge in [-0.2, -0.15) is 0 Å². The highest BCUT2D eigenvalue weighted by atomic mass is 35.5. The molecule has 1 saturated heterocycles. The molecule has 36 heavy (non-hydrogen) atoms. The van der Waals surface area contributed by atoms with Crippen molar-refractivity contribution in [3.8, 4) is 11.5 Å². The predicted molar refractivity (Wildman–Crippen MR) is 147 cm³/mol. The minimum absolute atomic E-state index is 0.0391. The van der Waals surface area contributed by atoms with Crippen LogP contribution in [-0.2, 0) is 11.2 Å². The molecular formula is C28H38Cl2N2O4. The van der Waals surface area contributed by atoms with E-state index in [1.54, 1.807) is 12.1 Å². The van der Waals surface area contributed by atoms with Crippen LogP contribution in [0.2, 0.25) is 10.0 Å². The number of likely N-dealkylation sites (tertiary alicyclic amines) is 1. The van der Waals surface area contributed by atoms with Crippen molar-refractivity contribution in [1.82, 2.24) is 4.90 Å². The maximum atomic E-state index is 11.6. The van der Waals surface area contributed by atoms with Crippen molar-refractivity contribution in [2.75, 3.05) is 31.6 Å². The van der Waals surface area contributed by atoms with Crippen LogP contribution in [0.15, 0.2) is 36.4 Å². The van der Waals surface area contributed by atoms with E-state index < -0.39 is 5.60 Å². The van der Waals surface area contributed by atoms with Crippen LogP contribution in [0.25, 0.3) is 0 Å². The number of piperidine rings is 1. The Kier molecular flexibility index (Phi) is 9.56. The Morgan fingerprint density at radius 3 is 2.47 bits per heavy atom. The van der Waals surface area contributed by atoms with E-state index in [0.29, 0.717) is 46.7 Å². The first kappa shape index (κ1) is 28.6. The molecule has 1 aliphatic rings. The molecule has 0 aromatic heterocycles. The van der Waals surface area contributed by atoms with Gasteiger partial charge in [-0.15, -0.1) is 0 Å². The molecule has 1 heterocycles. The van der Waals surface area contributed by atoms with Gasteiger partial charge in [-0.3, -0.25) is 4.79 Å². The third kappa shape index (κ3) is 7.51.